The molecule has 0 aromatic heterocycles. The maximum absolute atomic E-state index is 11.6. The Kier molecular flexibility index (Phi) is 5.23. The monoisotopic (exact) mass is 294 g/mol. The van der Waals surface area contributed by atoms with Crippen molar-refractivity contribution >= 4 is 17.3 Å². The molecule has 1 aromatic carbocycles. The second-order valence-electron chi connectivity index (χ2n) is 4.67. The minimum absolute atomic E-state index is 0.166. The molecule has 1 aromatic rings. The number of non-ortho nitro benzene ring substituents is 1. The lowest BCUT2D eigenvalue weighted by Crippen LogP contribution is -2.31. The average molecular weight is 294 g/mol. The van der Waals surface area contributed by atoms with E-state index >= 15 is 0 Å². The van der Waals surface area contributed by atoms with E-state index in [1.165, 1.54) is 38.1 Å². The summed E-state index contributed by atoms with van der Waals surface area (Å²) in [6, 6.07) is 5.07. The molecule has 0 bridgehead atoms. The number of hydrogen-bond donors (Lipinski definition) is 0. The first-order valence-electron chi connectivity index (χ1n) is 6.11. The molecule has 0 aliphatic heterocycles. The fourth-order valence-corrected chi connectivity index (χ4v) is 2.26. The molecular weight excluding hydrogens is 280 g/mol. The minimum Gasteiger partial charge on any atom is -0.299 e. The third kappa shape index (κ3) is 4.16. The van der Waals surface area contributed by atoms with Crippen LogP contribution in [0.5, 0.6) is 0 Å². The number of nitrogens with zero attached hydrogens (tertiary/aromatic N) is 2. The Hall–Kier alpha value is -2.64. The highest BCUT2D eigenvalue weighted by atomic mass is 16.6. The summed E-state index contributed by atoms with van der Waals surface area (Å²) in [6.45, 7) is 1.80. The number of nitro benzene ring substituents is 1. The lowest BCUT2D eigenvalue weighted by molar-refractivity contribution is -0.484. The molecule has 0 spiro atoms. The van der Waals surface area contributed by atoms with Gasteiger partial charge in [0.05, 0.1) is 16.8 Å². The number of rotatable bonds is 7. The highest BCUT2D eigenvalue weighted by molar-refractivity contribution is 6.01. The molecule has 0 aliphatic rings. The summed E-state index contributed by atoms with van der Waals surface area (Å²) in [5, 5.41) is 21.4. The van der Waals surface area contributed by atoms with E-state index < -0.39 is 39.8 Å². The number of carbonyl (C=O) groups is 2. The summed E-state index contributed by atoms with van der Waals surface area (Å²) in [5.74, 6) is -2.99. The lowest BCUT2D eigenvalue weighted by atomic mass is 9.81. The van der Waals surface area contributed by atoms with Gasteiger partial charge in [0.25, 0.3) is 5.69 Å². The second-order valence-corrected chi connectivity index (χ2v) is 4.67. The Bertz CT molecular complexity index is 567. The van der Waals surface area contributed by atoms with Crippen LogP contribution in [0.2, 0.25) is 0 Å². The van der Waals surface area contributed by atoms with E-state index in [0.717, 1.165) is 0 Å². The Balaban J connectivity index is 3.23. The van der Waals surface area contributed by atoms with Crippen molar-refractivity contribution in [3.8, 4) is 0 Å². The maximum atomic E-state index is 11.6. The van der Waals surface area contributed by atoms with Crippen LogP contribution in [-0.4, -0.2) is 28.0 Å². The maximum Gasteiger partial charge on any atom is 0.269 e. The van der Waals surface area contributed by atoms with Gasteiger partial charge in [0.1, 0.15) is 11.6 Å². The van der Waals surface area contributed by atoms with Crippen LogP contribution in [0.25, 0.3) is 0 Å². The van der Waals surface area contributed by atoms with E-state index in [4.69, 9.17) is 0 Å². The van der Waals surface area contributed by atoms with Crippen molar-refractivity contribution in [2.75, 3.05) is 6.54 Å². The van der Waals surface area contributed by atoms with E-state index in [0.29, 0.717) is 5.56 Å². The van der Waals surface area contributed by atoms with Gasteiger partial charge < -0.3 is 0 Å². The quantitative estimate of drug-likeness (QED) is 0.429. The third-order valence-corrected chi connectivity index (χ3v) is 3.16. The summed E-state index contributed by atoms with van der Waals surface area (Å²) in [6.07, 6.45) is 0. The van der Waals surface area contributed by atoms with Crippen LogP contribution in [-0.2, 0) is 9.59 Å². The summed E-state index contributed by atoms with van der Waals surface area (Å²) < 4.78 is 0. The van der Waals surface area contributed by atoms with Crippen LogP contribution in [0.1, 0.15) is 25.3 Å². The zero-order valence-corrected chi connectivity index (χ0v) is 11.5. The van der Waals surface area contributed by atoms with Crippen molar-refractivity contribution in [1.82, 2.24) is 0 Å². The summed E-state index contributed by atoms with van der Waals surface area (Å²) in [5.41, 5.74) is 0.188. The van der Waals surface area contributed by atoms with Gasteiger partial charge in [0.15, 0.2) is 0 Å². The molecule has 0 radical (unpaired) electrons. The molecule has 0 aliphatic carbocycles. The van der Waals surface area contributed by atoms with Gasteiger partial charge in [-0.25, -0.2) is 0 Å². The largest absolute Gasteiger partial charge is 0.299 e. The molecule has 8 nitrogen and oxygen atoms in total. The van der Waals surface area contributed by atoms with Crippen LogP contribution in [0, 0.1) is 26.1 Å². The van der Waals surface area contributed by atoms with E-state index in [1.807, 2.05) is 0 Å². The van der Waals surface area contributed by atoms with Gasteiger partial charge in [-0.1, -0.05) is 12.1 Å². The Morgan fingerprint density at radius 1 is 1.05 bits per heavy atom. The average Bonchev–Trinajstić information content (AvgIpc) is 2.36. The second kappa shape index (κ2) is 6.69. The molecule has 1 atom stereocenters. The third-order valence-electron chi connectivity index (χ3n) is 3.16. The number of Topliss-reactive ketones (excluding diaryl/α,β-unsaturated/α-hetero) is 2. The minimum atomic E-state index is -1.13. The van der Waals surface area contributed by atoms with E-state index in [2.05, 4.69) is 0 Å². The van der Waals surface area contributed by atoms with E-state index in [9.17, 15) is 29.8 Å². The lowest BCUT2D eigenvalue weighted by Gasteiger charge is -2.20. The molecule has 21 heavy (non-hydrogen) atoms. The van der Waals surface area contributed by atoms with E-state index in [1.54, 1.807) is 0 Å². The van der Waals surface area contributed by atoms with Gasteiger partial charge in [-0.15, -0.1) is 0 Å². The van der Waals surface area contributed by atoms with Crippen molar-refractivity contribution < 1.29 is 19.4 Å². The molecule has 0 fully saturated rings. The number of carbonyl (C=O) groups excluding carboxylic acids is 2. The standard InChI is InChI=1S/C13H14N2O6/c1-8(16)13(9(2)17)12(7-14(18)19)10-3-5-11(6-4-10)15(20)21/h3-6,12-13H,7H2,1-2H3/t12-/m1/s1. The topological polar surface area (TPSA) is 120 Å². The molecule has 0 saturated carbocycles. The summed E-state index contributed by atoms with van der Waals surface area (Å²) in [7, 11) is 0. The fraction of sp³-hybridized carbons (Fsp3) is 0.385. The predicted molar refractivity (Wildman–Crippen MR) is 72.6 cm³/mol. The first kappa shape index (κ1) is 16.4. The van der Waals surface area contributed by atoms with Gasteiger partial charge >= 0.3 is 0 Å². The van der Waals surface area contributed by atoms with Crippen molar-refractivity contribution in [1.29, 1.82) is 0 Å². The zero-order chi connectivity index (χ0) is 16.2. The van der Waals surface area contributed by atoms with Gasteiger partial charge in [0, 0.05) is 17.1 Å². The first-order valence-corrected chi connectivity index (χ1v) is 6.11. The fourth-order valence-electron chi connectivity index (χ4n) is 2.26. The number of hydrogen-bond acceptors (Lipinski definition) is 6. The van der Waals surface area contributed by atoms with Crippen LogP contribution in [0.3, 0.4) is 0 Å². The molecule has 0 amide bonds. The molecule has 1 rings (SSSR count). The van der Waals surface area contributed by atoms with Crippen LogP contribution >= 0.6 is 0 Å². The van der Waals surface area contributed by atoms with Crippen molar-refractivity contribution in [2.45, 2.75) is 19.8 Å². The molecule has 0 N–H and O–H groups in total. The summed E-state index contributed by atoms with van der Waals surface area (Å²) in [4.78, 5) is 43.4. The van der Waals surface area contributed by atoms with E-state index in [-0.39, 0.29) is 5.69 Å². The Morgan fingerprint density at radius 2 is 1.52 bits per heavy atom. The molecule has 0 heterocycles. The highest BCUT2D eigenvalue weighted by Gasteiger charge is 2.34. The van der Waals surface area contributed by atoms with Gasteiger partial charge in [-0.2, -0.15) is 0 Å². The Labute approximate surface area is 120 Å². The van der Waals surface area contributed by atoms with Gasteiger partial charge in [0.2, 0.25) is 6.54 Å². The molecule has 0 saturated heterocycles. The van der Waals surface area contributed by atoms with Gasteiger partial charge in [-0.3, -0.25) is 29.8 Å². The van der Waals surface area contributed by atoms with Crippen molar-refractivity contribution in [3.05, 3.63) is 50.1 Å². The zero-order valence-electron chi connectivity index (χ0n) is 11.5. The highest BCUT2D eigenvalue weighted by Crippen LogP contribution is 2.28. The predicted octanol–water partition coefficient (Wildman–Crippen LogP) is 1.75. The molecule has 8 heteroatoms. The molecule has 0 unspecified atom stereocenters. The van der Waals surface area contributed by atoms with Crippen LogP contribution in [0.15, 0.2) is 24.3 Å². The molecular formula is C13H14N2O6. The molecule has 112 valence electrons. The SMILES string of the molecule is CC(=O)C(C(C)=O)[C@H](C[N+](=O)[O-])c1ccc([N+](=O)[O-])cc1. The van der Waals surface area contributed by atoms with Crippen LogP contribution < -0.4 is 0 Å². The first-order chi connectivity index (χ1) is 9.73. The van der Waals surface area contributed by atoms with Crippen molar-refractivity contribution in [3.63, 3.8) is 0 Å². The summed E-state index contributed by atoms with van der Waals surface area (Å²) >= 11 is 0. The number of ketones is 2. The smallest absolute Gasteiger partial charge is 0.269 e. The number of benzene rings is 1. The van der Waals surface area contributed by atoms with Gasteiger partial charge in [-0.05, 0) is 19.4 Å². The van der Waals surface area contributed by atoms with Crippen LogP contribution in [0.4, 0.5) is 5.69 Å². The van der Waals surface area contributed by atoms with Crippen molar-refractivity contribution in [2.24, 2.45) is 5.92 Å². The Morgan fingerprint density at radius 3 is 1.86 bits per heavy atom. The normalized spacial score (nSPS) is 12.0. The number of nitro groups is 2.